The van der Waals surface area contributed by atoms with Gasteiger partial charge in [-0.2, -0.15) is 0 Å². The van der Waals surface area contributed by atoms with E-state index < -0.39 is 5.60 Å². The molecule has 1 aliphatic carbocycles. The molecule has 1 saturated carbocycles. The maximum Gasteiger partial charge on any atom is 0.410 e. The average molecular weight is 242 g/mol. The van der Waals surface area contributed by atoms with Crippen LogP contribution in [0.15, 0.2) is 0 Å². The van der Waals surface area contributed by atoms with E-state index in [1.165, 1.54) is 0 Å². The van der Waals surface area contributed by atoms with Gasteiger partial charge >= 0.3 is 6.09 Å². The van der Waals surface area contributed by atoms with Gasteiger partial charge in [0, 0.05) is 12.1 Å². The number of carbonyl (C=O) groups excluding carboxylic acids is 1. The first kappa shape index (κ1) is 12.6. The molecule has 3 N–H and O–H groups in total. The average Bonchev–Trinajstić information content (AvgIpc) is 2.30. The maximum absolute atomic E-state index is 12.1. The Balaban J connectivity index is 2.11. The van der Waals surface area contributed by atoms with E-state index in [2.05, 4.69) is 0 Å². The third-order valence-corrected chi connectivity index (χ3v) is 3.73. The van der Waals surface area contributed by atoms with Crippen LogP contribution in [0.5, 0.6) is 0 Å². The molecule has 0 radical (unpaired) electrons. The summed E-state index contributed by atoms with van der Waals surface area (Å²) >= 11 is 0. The van der Waals surface area contributed by atoms with Crippen LogP contribution >= 0.6 is 0 Å². The summed E-state index contributed by atoms with van der Waals surface area (Å²) in [6, 6.07) is -0.245. The van der Waals surface area contributed by atoms with Crippen molar-refractivity contribution in [2.75, 3.05) is 6.61 Å². The first-order chi connectivity index (χ1) is 7.85. The Morgan fingerprint density at radius 2 is 2.12 bits per heavy atom. The predicted octanol–water partition coefficient (Wildman–Crippen LogP) is 0.704. The molecule has 5 heteroatoms. The molecule has 0 aromatic carbocycles. The zero-order valence-electron chi connectivity index (χ0n) is 10.7. The number of nitrogens with zero attached hydrogens (tertiary/aromatic N) is 1. The van der Waals surface area contributed by atoms with E-state index in [-0.39, 0.29) is 30.8 Å². The van der Waals surface area contributed by atoms with Gasteiger partial charge in [0.2, 0.25) is 0 Å². The standard InChI is InChI=1S/C12H22N2O3/c1-12(2,3)17-11(16)14-8-5-4-7(8)10(13)9(14)6-15/h7-10,15H,4-6,13H2,1-3H3/t7-,8+,9+,10+/m0/s1. The van der Waals surface area contributed by atoms with Gasteiger partial charge in [-0.1, -0.05) is 0 Å². The summed E-state index contributed by atoms with van der Waals surface area (Å²) in [5.41, 5.74) is 5.55. The second-order valence-electron chi connectivity index (χ2n) is 6.02. The van der Waals surface area contributed by atoms with Gasteiger partial charge in [0.25, 0.3) is 0 Å². The van der Waals surface area contributed by atoms with Crippen molar-refractivity contribution >= 4 is 6.09 Å². The summed E-state index contributed by atoms with van der Waals surface area (Å²) < 4.78 is 5.38. The van der Waals surface area contributed by atoms with Crippen LogP contribution in [0.25, 0.3) is 0 Å². The number of hydrogen-bond donors (Lipinski definition) is 2. The van der Waals surface area contributed by atoms with Crippen molar-refractivity contribution in [3.8, 4) is 0 Å². The predicted molar refractivity (Wildman–Crippen MR) is 63.4 cm³/mol. The Morgan fingerprint density at radius 1 is 1.47 bits per heavy atom. The Labute approximate surface area is 102 Å². The van der Waals surface area contributed by atoms with Crippen LogP contribution in [0.2, 0.25) is 0 Å². The van der Waals surface area contributed by atoms with E-state index in [0.29, 0.717) is 5.92 Å². The van der Waals surface area contributed by atoms with E-state index in [4.69, 9.17) is 10.5 Å². The zero-order valence-corrected chi connectivity index (χ0v) is 10.7. The van der Waals surface area contributed by atoms with Crippen LogP contribution in [-0.4, -0.2) is 46.4 Å². The lowest BCUT2D eigenvalue weighted by molar-refractivity contribution is 0.000443. The minimum atomic E-state index is -0.511. The van der Waals surface area contributed by atoms with E-state index in [9.17, 15) is 9.90 Å². The minimum Gasteiger partial charge on any atom is -0.444 e. The number of aliphatic hydroxyl groups is 1. The summed E-state index contributed by atoms with van der Waals surface area (Å²) in [5.74, 6) is 0.333. The topological polar surface area (TPSA) is 75.8 Å². The summed E-state index contributed by atoms with van der Waals surface area (Å²) in [6.45, 7) is 5.43. The Hall–Kier alpha value is -0.810. The van der Waals surface area contributed by atoms with Crippen molar-refractivity contribution in [2.45, 2.75) is 57.3 Å². The van der Waals surface area contributed by atoms with Gasteiger partial charge in [-0.3, -0.25) is 4.90 Å². The molecule has 0 spiro atoms. The largest absolute Gasteiger partial charge is 0.444 e. The molecular weight excluding hydrogens is 220 g/mol. The van der Waals surface area contributed by atoms with Crippen LogP contribution in [0, 0.1) is 5.92 Å². The summed E-state index contributed by atoms with van der Waals surface area (Å²) in [6.07, 6.45) is 1.66. The van der Waals surface area contributed by atoms with E-state index in [1.807, 2.05) is 20.8 Å². The molecule has 17 heavy (non-hydrogen) atoms. The summed E-state index contributed by atoms with van der Waals surface area (Å²) in [7, 11) is 0. The Bertz CT molecular complexity index is 313. The number of ether oxygens (including phenoxy) is 1. The highest BCUT2D eigenvalue weighted by atomic mass is 16.6. The molecule has 1 aliphatic heterocycles. The van der Waals surface area contributed by atoms with Gasteiger partial charge in [-0.15, -0.1) is 0 Å². The van der Waals surface area contributed by atoms with Crippen molar-refractivity contribution in [3.05, 3.63) is 0 Å². The fraction of sp³-hybridized carbons (Fsp3) is 0.917. The molecule has 0 aromatic heterocycles. The molecule has 1 amide bonds. The number of fused-ring (bicyclic) bond motifs is 1. The number of hydrogen-bond acceptors (Lipinski definition) is 4. The van der Waals surface area contributed by atoms with Crippen molar-refractivity contribution in [2.24, 2.45) is 11.7 Å². The maximum atomic E-state index is 12.1. The third-order valence-electron chi connectivity index (χ3n) is 3.73. The minimum absolute atomic E-state index is 0.0899. The lowest BCUT2D eigenvalue weighted by Gasteiger charge is -2.37. The van der Waals surface area contributed by atoms with Gasteiger partial charge < -0.3 is 15.6 Å². The molecule has 1 heterocycles. The van der Waals surface area contributed by atoms with Crippen molar-refractivity contribution in [1.29, 1.82) is 0 Å². The van der Waals surface area contributed by atoms with Gasteiger partial charge in [0.15, 0.2) is 0 Å². The van der Waals surface area contributed by atoms with Gasteiger partial charge in [-0.05, 0) is 39.5 Å². The molecule has 4 atom stereocenters. The molecule has 0 unspecified atom stereocenters. The van der Waals surface area contributed by atoms with E-state index >= 15 is 0 Å². The highest BCUT2D eigenvalue weighted by molar-refractivity contribution is 5.70. The fourth-order valence-corrected chi connectivity index (χ4v) is 2.81. The molecule has 5 nitrogen and oxygen atoms in total. The molecular formula is C12H22N2O3. The monoisotopic (exact) mass is 242 g/mol. The van der Waals surface area contributed by atoms with Crippen LogP contribution in [0.3, 0.4) is 0 Å². The van der Waals surface area contributed by atoms with E-state index in [1.54, 1.807) is 4.90 Å². The molecule has 2 aliphatic rings. The second kappa shape index (κ2) is 4.14. The molecule has 98 valence electrons. The first-order valence-corrected chi connectivity index (χ1v) is 6.23. The SMILES string of the molecule is CC(C)(C)OC(=O)N1[C@H](CO)[C@H](N)[C@H]2CC[C@H]21. The number of aliphatic hydroxyl groups excluding tert-OH is 1. The van der Waals surface area contributed by atoms with Crippen LogP contribution < -0.4 is 5.73 Å². The number of amides is 1. The highest BCUT2D eigenvalue weighted by Gasteiger charge is 2.54. The lowest BCUT2D eigenvalue weighted by Crippen LogP contribution is -2.49. The van der Waals surface area contributed by atoms with Crippen molar-refractivity contribution in [3.63, 3.8) is 0 Å². The highest BCUT2D eigenvalue weighted by Crippen LogP contribution is 2.43. The number of carbonyl (C=O) groups is 1. The van der Waals surface area contributed by atoms with Crippen molar-refractivity contribution < 1.29 is 14.6 Å². The molecule has 2 fully saturated rings. The Morgan fingerprint density at radius 3 is 2.53 bits per heavy atom. The number of likely N-dealkylation sites (tertiary alicyclic amines) is 1. The van der Waals surface area contributed by atoms with Crippen LogP contribution in [-0.2, 0) is 4.74 Å². The van der Waals surface area contributed by atoms with Crippen LogP contribution in [0.4, 0.5) is 4.79 Å². The molecule has 2 rings (SSSR count). The smallest absolute Gasteiger partial charge is 0.410 e. The number of rotatable bonds is 1. The van der Waals surface area contributed by atoms with Gasteiger partial charge in [-0.25, -0.2) is 4.79 Å². The Kier molecular flexibility index (Phi) is 3.08. The van der Waals surface area contributed by atoms with Gasteiger partial charge in [0.1, 0.15) is 5.60 Å². The molecule has 0 aromatic rings. The van der Waals surface area contributed by atoms with E-state index in [0.717, 1.165) is 12.8 Å². The number of nitrogens with two attached hydrogens (primary N) is 1. The summed E-state index contributed by atoms with van der Waals surface area (Å²) in [5, 5.41) is 9.39. The normalized spacial score (nSPS) is 36.4. The summed E-state index contributed by atoms with van der Waals surface area (Å²) in [4.78, 5) is 13.8. The fourth-order valence-electron chi connectivity index (χ4n) is 2.81. The lowest BCUT2D eigenvalue weighted by atomic mass is 9.77. The second-order valence-corrected chi connectivity index (χ2v) is 6.02. The van der Waals surface area contributed by atoms with Crippen molar-refractivity contribution in [1.82, 2.24) is 4.90 Å². The zero-order chi connectivity index (χ0) is 12.8. The van der Waals surface area contributed by atoms with Crippen LogP contribution in [0.1, 0.15) is 33.6 Å². The van der Waals surface area contributed by atoms with Gasteiger partial charge in [0.05, 0.1) is 12.6 Å². The molecule has 0 bridgehead atoms. The third kappa shape index (κ3) is 2.13. The molecule has 1 saturated heterocycles. The first-order valence-electron chi connectivity index (χ1n) is 6.23. The quantitative estimate of drug-likeness (QED) is 0.710.